The van der Waals surface area contributed by atoms with Gasteiger partial charge in [-0.1, -0.05) is 11.6 Å². The predicted octanol–water partition coefficient (Wildman–Crippen LogP) is 0.179. The highest BCUT2D eigenvalue weighted by Crippen LogP contribution is 2.26. The van der Waals surface area contributed by atoms with Crippen molar-refractivity contribution in [3.8, 4) is 5.75 Å². The second kappa shape index (κ2) is 6.51. The number of imide groups is 1. The first-order chi connectivity index (χ1) is 10.3. The maximum Gasteiger partial charge on any atom is 0.324 e. The molecule has 1 aliphatic heterocycles. The molecule has 0 unspecified atom stereocenters. The van der Waals surface area contributed by atoms with Crippen molar-refractivity contribution in [3.63, 3.8) is 0 Å². The van der Waals surface area contributed by atoms with Gasteiger partial charge >= 0.3 is 6.03 Å². The summed E-state index contributed by atoms with van der Waals surface area (Å²) in [7, 11) is -2.54. The molecule has 1 fully saturated rings. The Balaban J connectivity index is 2.07. The van der Waals surface area contributed by atoms with Crippen LogP contribution in [0.15, 0.2) is 23.1 Å². The van der Waals surface area contributed by atoms with Crippen molar-refractivity contribution in [2.75, 3.05) is 26.7 Å². The fourth-order valence-corrected chi connectivity index (χ4v) is 3.36. The molecule has 1 heterocycles. The van der Waals surface area contributed by atoms with Gasteiger partial charge in [0.05, 0.1) is 13.7 Å². The maximum absolute atomic E-state index is 12.2. The number of urea groups is 1. The van der Waals surface area contributed by atoms with E-state index in [0.29, 0.717) is 0 Å². The number of benzene rings is 1. The maximum atomic E-state index is 12.2. The van der Waals surface area contributed by atoms with Crippen molar-refractivity contribution < 1.29 is 22.7 Å². The van der Waals surface area contributed by atoms with E-state index in [0.717, 1.165) is 4.90 Å². The minimum atomic E-state index is -3.88. The molecule has 1 saturated heterocycles. The van der Waals surface area contributed by atoms with Gasteiger partial charge in [0, 0.05) is 18.1 Å². The third-order valence-electron chi connectivity index (χ3n) is 2.98. The smallest absolute Gasteiger partial charge is 0.324 e. The molecule has 0 aliphatic carbocycles. The number of hydrogen-bond acceptors (Lipinski definition) is 5. The van der Waals surface area contributed by atoms with Gasteiger partial charge in [-0.25, -0.2) is 17.9 Å². The van der Waals surface area contributed by atoms with Crippen molar-refractivity contribution in [1.29, 1.82) is 0 Å². The average Bonchev–Trinajstić information content (AvgIpc) is 2.79. The summed E-state index contributed by atoms with van der Waals surface area (Å²) in [4.78, 5) is 23.5. The van der Waals surface area contributed by atoms with Crippen LogP contribution in [0.3, 0.4) is 0 Å². The van der Waals surface area contributed by atoms with E-state index in [1.165, 1.54) is 25.3 Å². The highest BCUT2D eigenvalue weighted by atomic mass is 35.5. The molecule has 8 nitrogen and oxygen atoms in total. The van der Waals surface area contributed by atoms with Crippen LogP contribution in [0.2, 0.25) is 5.02 Å². The molecule has 3 amide bonds. The molecule has 120 valence electrons. The van der Waals surface area contributed by atoms with Crippen LogP contribution in [0.4, 0.5) is 4.79 Å². The number of halogens is 1. The van der Waals surface area contributed by atoms with Gasteiger partial charge in [-0.3, -0.25) is 9.69 Å². The molecule has 1 aromatic carbocycles. The summed E-state index contributed by atoms with van der Waals surface area (Å²) in [6.07, 6.45) is 0. The molecule has 1 aliphatic rings. The zero-order valence-electron chi connectivity index (χ0n) is 11.6. The molecule has 2 rings (SSSR count). The first-order valence-electron chi connectivity index (χ1n) is 6.26. The Morgan fingerprint density at radius 3 is 2.73 bits per heavy atom. The van der Waals surface area contributed by atoms with Crippen LogP contribution in [-0.4, -0.2) is 52.0 Å². The topological polar surface area (TPSA) is 105 Å². The van der Waals surface area contributed by atoms with Crippen LogP contribution in [0.5, 0.6) is 5.75 Å². The third kappa shape index (κ3) is 3.49. The number of carbonyl (C=O) groups is 2. The Labute approximate surface area is 132 Å². The van der Waals surface area contributed by atoms with Crippen LogP contribution in [0.1, 0.15) is 0 Å². The normalized spacial score (nSPS) is 15.1. The van der Waals surface area contributed by atoms with E-state index in [1.807, 2.05) is 0 Å². The summed E-state index contributed by atoms with van der Waals surface area (Å²) < 4.78 is 31.8. The van der Waals surface area contributed by atoms with Crippen LogP contribution < -0.4 is 14.8 Å². The second-order valence-corrected chi connectivity index (χ2v) is 6.57. The Morgan fingerprint density at radius 1 is 1.41 bits per heavy atom. The van der Waals surface area contributed by atoms with E-state index in [4.69, 9.17) is 16.3 Å². The Kier molecular flexibility index (Phi) is 4.89. The lowest BCUT2D eigenvalue weighted by molar-refractivity contribution is -0.124. The Bertz CT molecular complexity index is 691. The van der Waals surface area contributed by atoms with Gasteiger partial charge in [-0.05, 0) is 18.2 Å². The summed E-state index contributed by atoms with van der Waals surface area (Å²) in [5.74, 6) is -0.253. The SMILES string of the molecule is COc1ccc(Cl)cc1S(=O)(=O)NCCN1C(=O)CNC1=O. The standard InChI is InChI=1S/C12H14ClN3O5S/c1-21-9-3-2-8(13)6-10(9)22(19,20)15-4-5-16-11(17)7-14-12(16)18/h2-3,6,15H,4-5,7H2,1H3,(H,14,18). The molecular formula is C12H14ClN3O5S. The molecule has 0 aromatic heterocycles. The molecule has 0 saturated carbocycles. The number of nitrogens with zero attached hydrogens (tertiary/aromatic N) is 1. The van der Waals surface area contributed by atoms with Crippen molar-refractivity contribution in [2.45, 2.75) is 4.90 Å². The predicted molar refractivity (Wildman–Crippen MR) is 78.3 cm³/mol. The quantitative estimate of drug-likeness (QED) is 0.714. The lowest BCUT2D eigenvalue weighted by Gasteiger charge is -2.14. The van der Waals surface area contributed by atoms with Gasteiger partial charge in [0.15, 0.2) is 0 Å². The summed E-state index contributed by atoms with van der Waals surface area (Å²) in [5.41, 5.74) is 0. The van der Waals surface area contributed by atoms with Crippen molar-refractivity contribution in [3.05, 3.63) is 23.2 Å². The van der Waals surface area contributed by atoms with Crippen LogP contribution in [0.25, 0.3) is 0 Å². The molecule has 2 N–H and O–H groups in total. The Morgan fingerprint density at radius 2 is 2.14 bits per heavy atom. The van der Waals surface area contributed by atoms with Gasteiger partial charge in [-0.2, -0.15) is 0 Å². The van der Waals surface area contributed by atoms with E-state index < -0.39 is 22.0 Å². The lowest BCUT2D eigenvalue weighted by Crippen LogP contribution is -2.38. The minimum absolute atomic E-state index is 0.0627. The first kappa shape index (κ1) is 16.5. The van der Waals surface area contributed by atoms with Gasteiger partial charge in [0.1, 0.15) is 10.6 Å². The van der Waals surface area contributed by atoms with Crippen molar-refractivity contribution in [2.24, 2.45) is 0 Å². The van der Waals surface area contributed by atoms with Crippen LogP contribution in [0, 0.1) is 0 Å². The average molecular weight is 348 g/mol. The molecule has 10 heteroatoms. The summed E-state index contributed by atoms with van der Waals surface area (Å²) in [5, 5.41) is 2.59. The number of amides is 3. The molecule has 0 spiro atoms. The summed E-state index contributed by atoms with van der Waals surface area (Å²) in [6.45, 7) is -0.252. The van der Waals surface area contributed by atoms with E-state index in [2.05, 4.69) is 10.0 Å². The largest absolute Gasteiger partial charge is 0.495 e. The number of carbonyl (C=O) groups excluding carboxylic acids is 2. The third-order valence-corrected chi connectivity index (χ3v) is 4.70. The highest BCUT2D eigenvalue weighted by Gasteiger charge is 2.28. The molecule has 22 heavy (non-hydrogen) atoms. The first-order valence-corrected chi connectivity index (χ1v) is 8.12. The minimum Gasteiger partial charge on any atom is -0.495 e. The molecular weight excluding hydrogens is 334 g/mol. The fourth-order valence-electron chi connectivity index (χ4n) is 1.91. The van der Waals surface area contributed by atoms with Crippen molar-refractivity contribution in [1.82, 2.24) is 14.9 Å². The van der Waals surface area contributed by atoms with E-state index in [1.54, 1.807) is 0 Å². The number of nitrogens with one attached hydrogen (secondary N) is 2. The summed E-state index contributed by atoms with van der Waals surface area (Å²) in [6, 6.07) is 3.67. The van der Waals surface area contributed by atoms with Crippen molar-refractivity contribution >= 4 is 33.6 Å². The monoisotopic (exact) mass is 347 g/mol. The van der Waals surface area contributed by atoms with Gasteiger partial charge in [0.2, 0.25) is 15.9 Å². The Hall–Kier alpha value is -1.84. The van der Waals surface area contributed by atoms with Gasteiger partial charge < -0.3 is 10.1 Å². The molecule has 0 radical (unpaired) electrons. The van der Waals surface area contributed by atoms with E-state index in [9.17, 15) is 18.0 Å². The lowest BCUT2D eigenvalue weighted by atomic mass is 10.3. The molecule has 0 atom stereocenters. The van der Waals surface area contributed by atoms with Crippen LogP contribution in [-0.2, 0) is 14.8 Å². The highest BCUT2D eigenvalue weighted by molar-refractivity contribution is 7.89. The number of ether oxygens (including phenoxy) is 1. The summed E-state index contributed by atoms with van der Waals surface area (Å²) >= 11 is 5.80. The molecule has 1 aromatic rings. The number of methoxy groups -OCH3 is 1. The fraction of sp³-hybridized carbons (Fsp3) is 0.333. The number of sulfonamides is 1. The zero-order valence-corrected chi connectivity index (χ0v) is 13.2. The molecule has 0 bridgehead atoms. The zero-order chi connectivity index (χ0) is 16.3. The van der Waals surface area contributed by atoms with E-state index in [-0.39, 0.29) is 35.3 Å². The van der Waals surface area contributed by atoms with E-state index >= 15 is 0 Å². The second-order valence-electron chi connectivity index (χ2n) is 4.40. The number of rotatable bonds is 6. The van der Waals surface area contributed by atoms with Gasteiger partial charge in [0.25, 0.3) is 0 Å². The van der Waals surface area contributed by atoms with Crippen LogP contribution >= 0.6 is 11.6 Å². The van der Waals surface area contributed by atoms with Gasteiger partial charge in [-0.15, -0.1) is 0 Å². The number of hydrogen-bond donors (Lipinski definition) is 2.